The molecule has 2 saturated carbocycles. The summed E-state index contributed by atoms with van der Waals surface area (Å²) in [6, 6.07) is 0. The topological polar surface area (TPSA) is 37.3 Å². The van der Waals surface area contributed by atoms with Gasteiger partial charge < -0.3 is 5.11 Å². The first-order chi connectivity index (χ1) is 8.44. The van der Waals surface area contributed by atoms with E-state index < -0.39 is 0 Å². The third kappa shape index (κ3) is 2.14. The van der Waals surface area contributed by atoms with Gasteiger partial charge in [-0.2, -0.15) is 11.8 Å². The molecule has 2 aliphatic rings. The first-order valence-electron chi connectivity index (χ1n) is 7.23. The lowest BCUT2D eigenvalue weighted by molar-refractivity contribution is -0.127. The van der Waals surface area contributed by atoms with Gasteiger partial charge in [0.25, 0.3) is 0 Å². The summed E-state index contributed by atoms with van der Waals surface area (Å²) in [5.41, 5.74) is 0.139. The minimum atomic E-state index is -0.168. The molecular formula is C15H26O2S. The van der Waals surface area contributed by atoms with Crippen LogP contribution >= 0.6 is 11.8 Å². The van der Waals surface area contributed by atoms with Gasteiger partial charge in [0, 0.05) is 17.6 Å². The smallest absolute Gasteiger partial charge is 0.140 e. The van der Waals surface area contributed by atoms with Crippen LogP contribution in [0.15, 0.2) is 0 Å². The van der Waals surface area contributed by atoms with Gasteiger partial charge in [-0.05, 0) is 42.8 Å². The normalized spacial score (nSPS) is 35.1. The number of aliphatic hydroxyl groups is 1. The highest BCUT2D eigenvalue weighted by Gasteiger charge is 2.63. The van der Waals surface area contributed by atoms with Gasteiger partial charge in [-0.15, -0.1) is 0 Å². The zero-order chi connectivity index (χ0) is 13.4. The Morgan fingerprint density at radius 2 is 2.22 bits per heavy atom. The van der Waals surface area contributed by atoms with Gasteiger partial charge in [0.1, 0.15) is 5.78 Å². The lowest BCUT2D eigenvalue weighted by atomic mass is 9.70. The van der Waals surface area contributed by atoms with Crippen molar-refractivity contribution in [3.63, 3.8) is 0 Å². The predicted molar refractivity (Wildman–Crippen MR) is 76.8 cm³/mol. The maximum absolute atomic E-state index is 12.3. The van der Waals surface area contributed by atoms with Crippen molar-refractivity contribution in [1.82, 2.24) is 0 Å². The zero-order valence-corrected chi connectivity index (χ0v) is 12.7. The number of thioether (sulfide) groups is 1. The number of ketones is 1. The summed E-state index contributed by atoms with van der Waals surface area (Å²) in [4.78, 5) is 12.3. The highest BCUT2D eigenvalue weighted by atomic mass is 32.2. The second kappa shape index (κ2) is 5.16. The molecule has 2 fully saturated rings. The van der Waals surface area contributed by atoms with Crippen LogP contribution in [0.2, 0.25) is 0 Å². The number of carbonyl (C=O) groups excluding carboxylic acids is 1. The molecule has 2 rings (SSSR count). The third-order valence-corrected chi connectivity index (χ3v) is 6.78. The molecule has 0 aromatic heterocycles. The number of aliphatic hydroxyl groups excluding tert-OH is 1. The van der Waals surface area contributed by atoms with Crippen LogP contribution in [-0.4, -0.2) is 28.5 Å². The Labute approximate surface area is 115 Å². The second-order valence-corrected chi connectivity index (χ2v) is 7.68. The number of hydrogen-bond acceptors (Lipinski definition) is 3. The fraction of sp³-hybridized carbons (Fsp3) is 0.933. The standard InChI is InChI=1S/C15H26O2S/c1-4-12(16)6-8-18-10-15-7-5-11(9-13(15)17)14(15,2)3/h11-12,16H,4-10H2,1-3H3/t11-,12+,15-/m1/s1. The van der Waals surface area contributed by atoms with Crippen molar-refractivity contribution in [3.05, 3.63) is 0 Å². The van der Waals surface area contributed by atoms with Crippen molar-refractivity contribution in [3.8, 4) is 0 Å². The maximum Gasteiger partial charge on any atom is 0.140 e. The van der Waals surface area contributed by atoms with Crippen LogP contribution in [0.25, 0.3) is 0 Å². The molecule has 0 radical (unpaired) electrons. The molecule has 3 atom stereocenters. The molecule has 104 valence electrons. The number of hydrogen-bond donors (Lipinski definition) is 1. The Morgan fingerprint density at radius 1 is 1.50 bits per heavy atom. The van der Waals surface area contributed by atoms with Crippen LogP contribution in [0.3, 0.4) is 0 Å². The van der Waals surface area contributed by atoms with Crippen molar-refractivity contribution in [2.24, 2.45) is 16.7 Å². The molecule has 0 aromatic rings. The number of carbonyl (C=O) groups is 1. The van der Waals surface area contributed by atoms with E-state index >= 15 is 0 Å². The third-order valence-electron chi connectivity index (χ3n) is 5.55. The molecular weight excluding hydrogens is 244 g/mol. The van der Waals surface area contributed by atoms with Gasteiger partial charge in [0.05, 0.1) is 6.10 Å². The average Bonchev–Trinajstić information content (AvgIpc) is 2.68. The molecule has 1 N–H and O–H groups in total. The molecule has 0 unspecified atom stereocenters. The quantitative estimate of drug-likeness (QED) is 0.753. The van der Waals surface area contributed by atoms with E-state index in [1.165, 1.54) is 6.42 Å². The summed E-state index contributed by atoms with van der Waals surface area (Å²) < 4.78 is 0. The highest BCUT2D eigenvalue weighted by Crippen LogP contribution is 2.64. The van der Waals surface area contributed by atoms with Gasteiger partial charge in [-0.25, -0.2) is 0 Å². The van der Waals surface area contributed by atoms with Crippen molar-refractivity contribution in [2.45, 2.75) is 59.0 Å². The minimum Gasteiger partial charge on any atom is -0.393 e. The molecule has 2 aliphatic carbocycles. The summed E-state index contributed by atoms with van der Waals surface area (Å²) in [6.45, 7) is 6.59. The number of fused-ring (bicyclic) bond motifs is 2. The lowest BCUT2D eigenvalue weighted by Gasteiger charge is -2.36. The van der Waals surface area contributed by atoms with E-state index in [0.29, 0.717) is 11.7 Å². The van der Waals surface area contributed by atoms with Gasteiger partial charge in [0.2, 0.25) is 0 Å². The van der Waals surface area contributed by atoms with Gasteiger partial charge in [-0.3, -0.25) is 4.79 Å². The van der Waals surface area contributed by atoms with E-state index in [-0.39, 0.29) is 16.9 Å². The van der Waals surface area contributed by atoms with E-state index in [0.717, 1.165) is 37.2 Å². The summed E-state index contributed by atoms with van der Waals surface area (Å²) in [5, 5.41) is 9.55. The van der Waals surface area contributed by atoms with Crippen LogP contribution < -0.4 is 0 Å². The first-order valence-corrected chi connectivity index (χ1v) is 8.38. The van der Waals surface area contributed by atoms with Crippen LogP contribution in [0, 0.1) is 16.7 Å². The fourth-order valence-electron chi connectivity index (χ4n) is 3.78. The van der Waals surface area contributed by atoms with Crippen LogP contribution in [0.1, 0.15) is 52.9 Å². The summed E-state index contributed by atoms with van der Waals surface area (Å²) in [7, 11) is 0. The molecule has 0 amide bonds. The van der Waals surface area contributed by atoms with E-state index in [2.05, 4.69) is 13.8 Å². The Hall–Kier alpha value is -0.0200. The van der Waals surface area contributed by atoms with Crippen molar-refractivity contribution >= 4 is 17.5 Å². The average molecular weight is 270 g/mol. The molecule has 0 saturated heterocycles. The Kier molecular flexibility index (Phi) is 4.13. The molecule has 0 aromatic carbocycles. The van der Waals surface area contributed by atoms with Crippen molar-refractivity contribution in [2.75, 3.05) is 11.5 Å². The Bertz CT molecular complexity index is 326. The maximum atomic E-state index is 12.3. The van der Waals surface area contributed by atoms with E-state index in [1.54, 1.807) is 0 Å². The Morgan fingerprint density at radius 3 is 2.72 bits per heavy atom. The summed E-state index contributed by atoms with van der Waals surface area (Å²) in [6.07, 6.45) is 4.65. The Balaban J connectivity index is 1.89. The van der Waals surface area contributed by atoms with Gasteiger partial charge >= 0.3 is 0 Å². The van der Waals surface area contributed by atoms with Crippen LogP contribution in [0.5, 0.6) is 0 Å². The van der Waals surface area contributed by atoms with E-state index in [9.17, 15) is 9.90 Å². The molecule has 2 bridgehead atoms. The van der Waals surface area contributed by atoms with Crippen LogP contribution in [0.4, 0.5) is 0 Å². The van der Waals surface area contributed by atoms with E-state index in [1.807, 2.05) is 18.7 Å². The SMILES string of the molecule is CC[C@H](O)CCSC[C@]12CC[C@H](CC1=O)C2(C)C. The fourth-order valence-corrected chi connectivity index (χ4v) is 5.39. The van der Waals surface area contributed by atoms with Gasteiger partial charge in [0.15, 0.2) is 0 Å². The second-order valence-electron chi connectivity index (χ2n) is 6.57. The lowest BCUT2D eigenvalue weighted by Crippen LogP contribution is -2.38. The molecule has 0 aliphatic heterocycles. The monoisotopic (exact) mass is 270 g/mol. The van der Waals surface area contributed by atoms with Gasteiger partial charge in [-0.1, -0.05) is 20.8 Å². The van der Waals surface area contributed by atoms with E-state index in [4.69, 9.17) is 0 Å². The molecule has 0 spiro atoms. The number of Topliss-reactive ketones (excluding diaryl/α,β-unsaturated/α-hetero) is 1. The van der Waals surface area contributed by atoms with Crippen LogP contribution in [-0.2, 0) is 4.79 Å². The predicted octanol–water partition coefficient (Wildman–Crippen LogP) is 3.28. The minimum absolute atomic E-state index is 0.0561. The zero-order valence-electron chi connectivity index (χ0n) is 11.9. The molecule has 2 nitrogen and oxygen atoms in total. The van der Waals surface area contributed by atoms with Crippen molar-refractivity contribution in [1.29, 1.82) is 0 Å². The number of rotatable bonds is 6. The summed E-state index contributed by atoms with van der Waals surface area (Å²) in [5.74, 6) is 3.07. The van der Waals surface area contributed by atoms with Crippen molar-refractivity contribution < 1.29 is 9.90 Å². The largest absolute Gasteiger partial charge is 0.393 e. The summed E-state index contributed by atoms with van der Waals surface area (Å²) >= 11 is 1.87. The first kappa shape index (κ1) is 14.4. The highest BCUT2D eigenvalue weighted by molar-refractivity contribution is 7.99. The molecule has 18 heavy (non-hydrogen) atoms. The molecule has 3 heteroatoms. The molecule has 0 heterocycles.